The lowest BCUT2D eigenvalue weighted by atomic mass is 10.2. The summed E-state index contributed by atoms with van der Waals surface area (Å²) in [6.07, 6.45) is 1.77. The van der Waals surface area contributed by atoms with Gasteiger partial charge in [-0.2, -0.15) is 0 Å². The zero-order chi connectivity index (χ0) is 15.5. The number of nitrogens with zero attached hydrogens (tertiary/aromatic N) is 2. The fourth-order valence-electron chi connectivity index (χ4n) is 2.01. The highest BCUT2D eigenvalue weighted by molar-refractivity contribution is 9.10. The Hall–Kier alpha value is -1.79. The molecule has 0 aliphatic heterocycles. The number of rotatable bonds is 4. The number of hydrogen-bond donors (Lipinski definition) is 1. The first-order chi connectivity index (χ1) is 10.6. The highest BCUT2D eigenvalue weighted by atomic mass is 79.9. The SMILES string of the molecule is Nn1cc(-c2ccccc2)nc1SCc1ccc(Br)cc1F. The maximum atomic E-state index is 13.8. The van der Waals surface area contributed by atoms with E-state index in [4.69, 9.17) is 5.84 Å². The summed E-state index contributed by atoms with van der Waals surface area (Å²) in [5, 5.41) is 0.654. The molecule has 0 amide bonds. The molecule has 3 rings (SSSR count). The van der Waals surface area contributed by atoms with Gasteiger partial charge in [0.05, 0.1) is 11.9 Å². The molecule has 3 nitrogen and oxygen atoms in total. The van der Waals surface area contributed by atoms with Crippen LogP contribution in [0.2, 0.25) is 0 Å². The van der Waals surface area contributed by atoms with Crippen molar-refractivity contribution in [3.8, 4) is 11.3 Å². The second kappa shape index (κ2) is 6.54. The Kier molecular flexibility index (Phi) is 4.49. The summed E-state index contributed by atoms with van der Waals surface area (Å²) in [5.74, 6) is 6.18. The zero-order valence-electron chi connectivity index (χ0n) is 11.5. The molecule has 0 unspecified atom stereocenters. The molecule has 0 aliphatic carbocycles. The Morgan fingerprint density at radius 3 is 2.68 bits per heavy atom. The van der Waals surface area contributed by atoms with Gasteiger partial charge in [0.1, 0.15) is 5.82 Å². The number of aromatic nitrogens is 2. The highest BCUT2D eigenvalue weighted by Gasteiger charge is 2.10. The molecule has 0 bridgehead atoms. The number of imidazole rings is 1. The van der Waals surface area contributed by atoms with Crippen molar-refractivity contribution < 1.29 is 4.39 Å². The number of hydrogen-bond acceptors (Lipinski definition) is 3. The molecule has 2 aromatic carbocycles. The monoisotopic (exact) mass is 377 g/mol. The molecule has 0 saturated heterocycles. The first-order valence-electron chi connectivity index (χ1n) is 6.60. The van der Waals surface area contributed by atoms with Crippen LogP contribution in [0.25, 0.3) is 11.3 Å². The normalized spacial score (nSPS) is 10.8. The average molecular weight is 378 g/mol. The number of nitrogen functional groups attached to an aromatic ring is 1. The largest absolute Gasteiger partial charge is 0.337 e. The van der Waals surface area contributed by atoms with Crippen LogP contribution in [0.15, 0.2) is 64.4 Å². The Balaban J connectivity index is 1.77. The van der Waals surface area contributed by atoms with Crippen molar-refractivity contribution in [1.82, 2.24) is 9.66 Å². The van der Waals surface area contributed by atoms with Crippen LogP contribution in [0.3, 0.4) is 0 Å². The number of nitrogens with two attached hydrogens (primary N) is 1. The third kappa shape index (κ3) is 3.34. The second-order valence-corrected chi connectivity index (χ2v) is 6.56. The van der Waals surface area contributed by atoms with Crippen molar-refractivity contribution in [1.29, 1.82) is 0 Å². The fourth-order valence-corrected chi connectivity index (χ4v) is 3.23. The van der Waals surface area contributed by atoms with E-state index < -0.39 is 0 Å². The van der Waals surface area contributed by atoms with Gasteiger partial charge < -0.3 is 5.84 Å². The summed E-state index contributed by atoms with van der Waals surface area (Å²) < 4.78 is 16.0. The molecule has 0 atom stereocenters. The molecule has 0 aliphatic rings. The number of thioether (sulfide) groups is 1. The third-order valence-electron chi connectivity index (χ3n) is 3.14. The van der Waals surface area contributed by atoms with E-state index in [1.165, 1.54) is 22.5 Å². The number of halogens is 2. The molecule has 112 valence electrons. The maximum Gasteiger partial charge on any atom is 0.187 e. The molecular weight excluding hydrogens is 365 g/mol. The topological polar surface area (TPSA) is 43.8 Å². The van der Waals surface area contributed by atoms with Gasteiger partial charge in [0.25, 0.3) is 0 Å². The van der Waals surface area contributed by atoms with Crippen molar-refractivity contribution in [3.05, 3.63) is 70.6 Å². The van der Waals surface area contributed by atoms with E-state index in [-0.39, 0.29) is 5.82 Å². The van der Waals surface area contributed by atoms with Crippen molar-refractivity contribution in [3.63, 3.8) is 0 Å². The van der Waals surface area contributed by atoms with E-state index in [2.05, 4.69) is 20.9 Å². The fraction of sp³-hybridized carbons (Fsp3) is 0.0625. The Bertz CT molecular complexity index is 789. The minimum Gasteiger partial charge on any atom is -0.337 e. The zero-order valence-corrected chi connectivity index (χ0v) is 13.9. The Labute approximate surface area is 140 Å². The van der Waals surface area contributed by atoms with Crippen LogP contribution in [0, 0.1) is 5.82 Å². The smallest absolute Gasteiger partial charge is 0.187 e. The van der Waals surface area contributed by atoms with Gasteiger partial charge in [-0.05, 0) is 17.7 Å². The van der Waals surface area contributed by atoms with Gasteiger partial charge in [0.2, 0.25) is 0 Å². The lowest BCUT2D eigenvalue weighted by Crippen LogP contribution is -2.07. The van der Waals surface area contributed by atoms with Crippen LogP contribution in [-0.2, 0) is 5.75 Å². The molecule has 0 saturated carbocycles. The minimum absolute atomic E-state index is 0.236. The highest BCUT2D eigenvalue weighted by Crippen LogP contribution is 2.27. The molecule has 1 heterocycles. The first-order valence-corrected chi connectivity index (χ1v) is 8.38. The molecule has 3 aromatic rings. The molecule has 0 fully saturated rings. The van der Waals surface area contributed by atoms with E-state index in [0.717, 1.165) is 15.7 Å². The molecular formula is C16H13BrFN3S. The van der Waals surface area contributed by atoms with Gasteiger partial charge in [-0.15, -0.1) is 0 Å². The van der Waals surface area contributed by atoms with Crippen LogP contribution in [0.1, 0.15) is 5.56 Å². The molecule has 0 radical (unpaired) electrons. The number of benzene rings is 2. The van der Waals surface area contributed by atoms with E-state index in [1.54, 1.807) is 12.3 Å². The lowest BCUT2D eigenvalue weighted by molar-refractivity contribution is 0.616. The summed E-state index contributed by atoms with van der Waals surface area (Å²) in [7, 11) is 0. The molecule has 1 aromatic heterocycles. The van der Waals surface area contributed by atoms with Gasteiger partial charge in [-0.1, -0.05) is 64.1 Å². The Morgan fingerprint density at radius 1 is 1.18 bits per heavy atom. The van der Waals surface area contributed by atoms with Crippen LogP contribution < -0.4 is 5.84 Å². The van der Waals surface area contributed by atoms with Gasteiger partial charge in [-0.3, -0.25) is 0 Å². The van der Waals surface area contributed by atoms with Gasteiger partial charge in [0.15, 0.2) is 5.16 Å². The standard InChI is InChI=1S/C16H13BrFN3S/c17-13-7-6-12(14(18)8-13)10-22-16-20-15(9-21(16)19)11-4-2-1-3-5-11/h1-9H,10,19H2. The molecule has 6 heteroatoms. The summed E-state index contributed by atoms with van der Waals surface area (Å²) >= 11 is 4.66. The van der Waals surface area contributed by atoms with Gasteiger partial charge >= 0.3 is 0 Å². The van der Waals surface area contributed by atoms with Crippen LogP contribution >= 0.6 is 27.7 Å². The quantitative estimate of drug-likeness (QED) is 0.539. The van der Waals surface area contributed by atoms with E-state index in [1.807, 2.05) is 36.4 Å². The van der Waals surface area contributed by atoms with E-state index in [9.17, 15) is 4.39 Å². The predicted octanol–water partition coefficient (Wildman–Crippen LogP) is 4.46. The maximum absolute atomic E-state index is 13.8. The summed E-state index contributed by atoms with van der Waals surface area (Å²) in [5.41, 5.74) is 2.43. The summed E-state index contributed by atoms with van der Waals surface area (Å²) in [4.78, 5) is 4.51. The van der Waals surface area contributed by atoms with E-state index >= 15 is 0 Å². The average Bonchev–Trinajstić information content (AvgIpc) is 2.88. The van der Waals surface area contributed by atoms with Crippen molar-refractivity contribution in [2.45, 2.75) is 10.9 Å². The van der Waals surface area contributed by atoms with Crippen molar-refractivity contribution in [2.75, 3.05) is 5.84 Å². The van der Waals surface area contributed by atoms with Gasteiger partial charge in [-0.25, -0.2) is 14.1 Å². The van der Waals surface area contributed by atoms with E-state index in [0.29, 0.717) is 16.5 Å². The van der Waals surface area contributed by atoms with Crippen molar-refractivity contribution >= 4 is 27.7 Å². The van der Waals surface area contributed by atoms with Crippen molar-refractivity contribution in [2.24, 2.45) is 0 Å². The Morgan fingerprint density at radius 2 is 1.95 bits per heavy atom. The summed E-state index contributed by atoms with van der Waals surface area (Å²) in [6.45, 7) is 0. The second-order valence-electron chi connectivity index (χ2n) is 4.71. The molecule has 0 spiro atoms. The van der Waals surface area contributed by atoms with Crippen LogP contribution in [0.4, 0.5) is 4.39 Å². The molecule has 22 heavy (non-hydrogen) atoms. The van der Waals surface area contributed by atoms with Gasteiger partial charge in [0, 0.05) is 15.8 Å². The third-order valence-corrected chi connectivity index (χ3v) is 4.65. The minimum atomic E-state index is -0.236. The first kappa shape index (κ1) is 15.1. The summed E-state index contributed by atoms with van der Waals surface area (Å²) in [6, 6.07) is 14.9. The van der Waals surface area contributed by atoms with Crippen LogP contribution in [-0.4, -0.2) is 9.66 Å². The lowest BCUT2D eigenvalue weighted by Gasteiger charge is -2.03. The predicted molar refractivity (Wildman–Crippen MR) is 91.5 cm³/mol. The molecule has 2 N–H and O–H groups in total. The van der Waals surface area contributed by atoms with Crippen LogP contribution in [0.5, 0.6) is 0 Å².